The fraction of sp³-hybridized carbons (Fsp3) is 0.0909. The van der Waals surface area contributed by atoms with Crippen molar-refractivity contribution in [2.75, 3.05) is 5.73 Å². The molecule has 0 aliphatic heterocycles. The first kappa shape index (κ1) is 9.42. The Morgan fingerprint density at radius 2 is 2.12 bits per heavy atom. The van der Waals surface area contributed by atoms with Crippen LogP contribution in [0.2, 0.25) is 5.02 Å². The van der Waals surface area contributed by atoms with Crippen LogP contribution in [-0.4, -0.2) is 15.2 Å². The highest BCUT2D eigenvalue weighted by atomic mass is 35.5. The minimum atomic E-state index is 0.530. The molecule has 3 rings (SSSR count). The number of aryl methyl sites for hydroxylation is 1. The van der Waals surface area contributed by atoms with Crippen LogP contribution < -0.4 is 5.73 Å². The smallest absolute Gasteiger partial charge is 0.183 e. The molecule has 80 valence electrons. The lowest BCUT2D eigenvalue weighted by Crippen LogP contribution is -1.87. The molecular weight excluding hydrogens is 224 g/mol. The number of hydrogen-bond acceptors (Lipinski definition) is 3. The molecule has 0 bridgehead atoms. The number of halogens is 1. The second-order valence-corrected chi connectivity index (χ2v) is 4.23. The van der Waals surface area contributed by atoms with Crippen LogP contribution in [0.3, 0.4) is 0 Å². The van der Waals surface area contributed by atoms with Crippen LogP contribution in [0.1, 0.15) is 5.56 Å². The van der Waals surface area contributed by atoms with Gasteiger partial charge in [-0.3, -0.25) is 5.10 Å². The quantitative estimate of drug-likeness (QED) is 0.626. The molecule has 0 radical (unpaired) electrons. The number of nitrogens with zero attached hydrogens (tertiary/aromatic N) is 2. The number of pyridine rings is 1. The fourth-order valence-electron chi connectivity index (χ4n) is 1.87. The van der Waals surface area contributed by atoms with Crippen molar-refractivity contribution in [1.82, 2.24) is 15.2 Å². The van der Waals surface area contributed by atoms with Gasteiger partial charge in [0.1, 0.15) is 5.82 Å². The van der Waals surface area contributed by atoms with E-state index in [9.17, 15) is 0 Å². The number of nitrogen functional groups attached to an aromatic ring is 1. The second-order valence-electron chi connectivity index (χ2n) is 3.79. The minimum Gasteiger partial charge on any atom is -0.384 e. The zero-order valence-electron chi connectivity index (χ0n) is 8.58. The van der Waals surface area contributed by atoms with Gasteiger partial charge in [-0.1, -0.05) is 11.6 Å². The van der Waals surface area contributed by atoms with E-state index in [4.69, 9.17) is 17.3 Å². The highest BCUT2D eigenvalue weighted by Gasteiger charge is 2.08. The van der Waals surface area contributed by atoms with Gasteiger partial charge in [0, 0.05) is 10.4 Å². The van der Waals surface area contributed by atoms with Crippen molar-refractivity contribution in [3.8, 4) is 0 Å². The molecule has 0 aliphatic carbocycles. The van der Waals surface area contributed by atoms with Crippen LogP contribution >= 0.6 is 11.6 Å². The third-order valence-electron chi connectivity index (χ3n) is 2.63. The molecule has 0 aliphatic rings. The van der Waals surface area contributed by atoms with E-state index in [-0.39, 0.29) is 0 Å². The molecule has 2 aromatic heterocycles. The first-order valence-electron chi connectivity index (χ1n) is 4.85. The SMILES string of the molecule is Cc1cc(Cl)cc2cc3c(N)[nH]nc3nc12. The Hall–Kier alpha value is -1.81. The number of nitrogens with one attached hydrogen (secondary N) is 1. The van der Waals surface area contributed by atoms with E-state index >= 15 is 0 Å². The van der Waals surface area contributed by atoms with E-state index in [2.05, 4.69) is 15.2 Å². The summed E-state index contributed by atoms with van der Waals surface area (Å²) in [4.78, 5) is 4.46. The standard InChI is InChI=1S/C11H9ClN4/c1-5-2-7(12)3-6-4-8-10(13)15-16-11(8)14-9(5)6/h2-4H,1H3,(H3,13,14,15,16). The van der Waals surface area contributed by atoms with Crippen molar-refractivity contribution < 1.29 is 0 Å². The third kappa shape index (κ3) is 1.23. The molecular formula is C11H9ClN4. The Balaban J connectivity index is 2.53. The van der Waals surface area contributed by atoms with Gasteiger partial charge in [-0.05, 0) is 30.7 Å². The summed E-state index contributed by atoms with van der Waals surface area (Å²) in [5.74, 6) is 0.530. The summed E-state index contributed by atoms with van der Waals surface area (Å²) in [5.41, 5.74) is 8.33. The number of rotatable bonds is 0. The molecule has 16 heavy (non-hydrogen) atoms. The summed E-state index contributed by atoms with van der Waals surface area (Å²) < 4.78 is 0. The Kier molecular flexibility index (Phi) is 1.82. The predicted octanol–water partition coefficient (Wildman–Crippen LogP) is 2.66. The molecule has 2 heterocycles. The van der Waals surface area contributed by atoms with Crippen molar-refractivity contribution in [1.29, 1.82) is 0 Å². The van der Waals surface area contributed by atoms with Gasteiger partial charge < -0.3 is 5.73 Å². The lowest BCUT2D eigenvalue weighted by atomic mass is 10.1. The minimum absolute atomic E-state index is 0.530. The lowest BCUT2D eigenvalue weighted by Gasteiger charge is -2.02. The van der Waals surface area contributed by atoms with E-state index in [1.54, 1.807) is 0 Å². The zero-order chi connectivity index (χ0) is 11.3. The largest absolute Gasteiger partial charge is 0.384 e. The molecule has 3 aromatic rings. The summed E-state index contributed by atoms with van der Waals surface area (Å²) in [5, 5.41) is 9.26. The normalized spacial score (nSPS) is 11.4. The molecule has 0 saturated carbocycles. The number of hydrogen-bond donors (Lipinski definition) is 2. The maximum Gasteiger partial charge on any atom is 0.183 e. The second kappa shape index (κ2) is 3.09. The number of aromatic amines is 1. The average molecular weight is 233 g/mol. The van der Waals surface area contributed by atoms with Crippen LogP contribution in [0.25, 0.3) is 21.9 Å². The average Bonchev–Trinajstić information content (AvgIpc) is 2.58. The van der Waals surface area contributed by atoms with E-state index in [1.807, 2.05) is 25.1 Å². The number of anilines is 1. The third-order valence-corrected chi connectivity index (χ3v) is 2.84. The Labute approximate surface area is 96.4 Å². The first-order valence-corrected chi connectivity index (χ1v) is 5.23. The number of fused-ring (bicyclic) bond motifs is 2. The van der Waals surface area contributed by atoms with Gasteiger partial charge in [-0.25, -0.2) is 4.98 Å². The Morgan fingerprint density at radius 3 is 2.94 bits per heavy atom. The van der Waals surface area contributed by atoms with E-state index in [1.165, 1.54) is 0 Å². The van der Waals surface area contributed by atoms with Gasteiger partial charge in [0.05, 0.1) is 10.9 Å². The van der Waals surface area contributed by atoms with Crippen LogP contribution in [0.5, 0.6) is 0 Å². The molecule has 0 amide bonds. The number of aromatic nitrogens is 3. The van der Waals surface area contributed by atoms with Crippen molar-refractivity contribution in [3.05, 3.63) is 28.8 Å². The maximum absolute atomic E-state index is 6.01. The Bertz CT molecular complexity index is 702. The molecule has 5 heteroatoms. The number of nitrogens with two attached hydrogens (primary N) is 1. The van der Waals surface area contributed by atoms with Crippen LogP contribution in [0.15, 0.2) is 18.2 Å². The summed E-state index contributed by atoms with van der Waals surface area (Å²) in [6.07, 6.45) is 0. The van der Waals surface area contributed by atoms with Gasteiger partial charge >= 0.3 is 0 Å². The summed E-state index contributed by atoms with van der Waals surface area (Å²) in [6, 6.07) is 5.72. The zero-order valence-corrected chi connectivity index (χ0v) is 9.34. The molecule has 0 atom stereocenters. The Morgan fingerprint density at radius 1 is 1.31 bits per heavy atom. The molecule has 0 fully saturated rings. The summed E-state index contributed by atoms with van der Waals surface area (Å²) in [7, 11) is 0. The van der Waals surface area contributed by atoms with Crippen molar-refractivity contribution in [3.63, 3.8) is 0 Å². The van der Waals surface area contributed by atoms with E-state index in [0.717, 1.165) is 21.9 Å². The summed E-state index contributed by atoms with van der Waals surface area (Å²) >= 11 is 6.01. The highest BCUT2D eigenvalue weighted by Crippen LogP contribution is 2.26. The van der Waals surface area contributed by atoms with E-state index in [0.29, 0.717) is 16.5 Å². The molecule has 0 spiro atoms. The molecule has 4 nitrogen and oxygen atoms in total. The first-order chi connectivity index (χ1) is 7.65. The van der Waals surface area contributed by atoms with Crippen LogP contribution in [-0.2, 0) is 0 Å². The van der Waals surface area contributed by atoms with Crippen molar-refractivity contribution >= 4 is 39.4 Å². The topological polar surface area (TPSA) is 67.6 Å². The maximum atomic E-state index is 6.01. The monoisotopic (exact) mass is 232 g/mol. The van der Waals surface area contributed by atoms with Gasteiger partial charge in [0.15, 0.2) is 5.65 Å². The van der Waals surface area contributed by atoms with Gasteiger partial charge in [0.2, 0.25) is 0 Å². The van der Waals surface area contributed by atoms with Crippen molar-refractivity contribution in [2.24, 2.45) is 0 Å². The number of benzene rings is 1. The number of H-pyrrole nitrogens is 1. The summed E-state index contributed by atoms with van der Waals surface area (Å²) in [6.45, 7) is 1.98. The molecule has 0 saturated heterocycles. The molecule has 3 N–H and O–H groups in total. The van der Waals surface area contributed by atoms with E-state index < -0.39 is 0 Å². The predicted molar refractivity (Wildman–Crippen MR) is 65.6 cm³/mol. The van der Waals surface area contributed by atoms with Gasteiger partial charge in [0.25, 0.3) is 0 Å². The van der Waals surface area contributed by atoms with Crippen LogP contribution in [0, 0.1) is 6.92 Å². The fourth-order valence-corrected chi connectivity index (χ4v) is 2.15. The molecule has 1 aromatic carbocycles. The van der Waals surface area contributed by atoms with Gasteiger partial charge in [-0.2, -0.15) is 5.10 Å². The lowest BCUT2D eigenvalue weighted by molar-refractivity contribution is 1.11. The van der Waals surface area contributed by atoms with Crippen molar-refractivity contribution in [2.45, 2.75) is 6.92 Å². The van der Waals surface area contributed by atoms with Crippen LogP contribution in [0.4, 0.5) is 5.82 Å². The molecule has 0 unspecified atom stereocenters. The van der Waals surface area contributed by atoms with Gasteiger partial charge in [-0.15, -0.1) is 0 Å². The highest BCUT2D eigenvalue weighted by molar-refractivity contribution is 6.31.